The van der Waals surface area contributed by atoms with E-state index < -0.39 is 5.97 Å². The number of carbonyl (C=O) groups is 2. The van der Waals surface area contributed by atoms with Crippen molar-refractivity contribution in [3.63, 3.8) is 0 Å². The summed E-state index contributed by atoms with van der Waals surface area (Å²) in [5.74, 6) is -0.478. The van der Waals surface area contributed by atoms with Gasteiger partial charge in [-0.05, 0) is 30.3 Å². The second-order valence-corrected chi connectivity index (χ2v) is 6.30. The van der Waals surface area contributed by atoms with Crippen molar-refractivity contribution in [3.8, 4) is 5.75 Å². The summed E-state index contributed by atoms with van der Waals surface area (Å²) in [5, 5.41) is 1.95. The number of nitrogen functional groups attached to an aromatic ring is 1. The number of benzene rings is 3. The number of hydrogen-bond donors (Lipinski definition) is 1. The molecule has 28 heavy (non-hydrogen) atoms. The molecule has 3 aromatic carbocycles. The molecule has 2 N–H and O–H groups in total. The van der Waals surface area contributed by atoms with E-state index >= 15 is 0 Å². The van der Waals surface area contributed by atoms with Crippen LogP contribution in [0.25, 0.3) is 21.8 Å². The summed E-state index contributed by atoms with van der Waals surface area (Å²) in [6.07, 6.45) is 0. The second kappa shape index (κ2) is 7.08. The molecule has 6 nitrogen and oxygen atoms in total. The SMILES string of the molecule is COc1ccc(C(=O)OCC(=O)n2c3ccccc3c3ccccc32)cc1N. The Balaban J connectivity index is 1.60. The standard InChI is InChI=1S/C22H18N2O4/c1-27-20-11-10-14(12-17(20)23)22(26)28-13-21(25)24-18-8-4-2-6-15(18)16-7-3-5-9-19(16)24/h2-12H,13,23H2,1H3. The number of para-hydroxylation sites is 2. The summed E-state index contributed by atoms with van der Waals surface area (Å²) in [4.78, 5) is 25.2. The smallest absolute Gasteiger partial charge is 0.338 e. The minimum atomic E-state index is -0.622. The molecule has 0 atom stereocenters. The van der Waals surface area contributed by atoms with Crippen LogP contribution >= 0.6 is 0 Å². The molecule has 0 saturated carbocycles. The van der Waals surface area contributed by atoms with Crippen LogP contribution in [-0.2, 0) is 4.74 Å². The fourth-order valence-electron chi connectivity index (χ4n) is 3.33. The van der Waals surface area contributed by atoms with E-state index in [2.05, 4.69) is 0 Å². The number of hydrogen-bond acceptors (Lipinski definition) is 5. The Labute approximate surface area is 161 Å². The lowest BCUT2D eigenvalue weighted by Gasteiger charge is -2.09. The largest absolute Gasteiger partial charge is 0.495 e. The highest BCUT2D eigenvalue weighted by atomic mass is 16.5. The molecule has 6 heteroatoms. The first-order chi connectivity index (χ1) is 13.6. The number of esters is 1. The highest BCUT2D eigenvalue weighted by Gasteiger charge is 2.18. The van der Waals surface area contributed by atoms with Crippen LogP contribution in [-0.4, -0.2) is 30.2 Å². The third kappa shape index (κ3) is 2.95. The number of fused-ring (bicyclic) bond motifs is 3. The van der Waals surface area contributed by atoms with Crippen LogP contribution in [0, 0.1) is 0 Å². The van der Waals surface area contributed by atoms with E-state index in [0.29, 0.717) is 11.4 Å². The first-order valence-corrected chi connectivity index (χ1v) is 8.72. The molecule has 0 aliphatic carbocycles. The maximum atomic E-state index is 12.9. The molecular weight excluding hydrogens is 356 g/mol. The van der Waals surface area contributed by atoms with Gasteiger partial charge in [0.15, 0.2) is 6.61 Å². The summed E-state index contributed by atoms with van der Waals surface area (Å²) < 4.78 is 11.9. The van der Waals surface area contributed by atoms with Crippen LogP contribution < -0.4 is 10.5 Å². The minimum absolute atomic E-state index is 0.258. The third-order valence-corrected chi connectivity index (χ3v) is 4.62. The monoisotopic (exact) mass is 374 g/mol. The molecule has 0 aliphatic heterocycles. The lowest BCUT2D eigenvalue weighted by Crippen LogP contribution is -2.20. The molecule has 140 valence electrons. The Kier molecular flexibility index (Phi) is 4.45. The Morgan fingerprint density at radius 1 is 0.929 bits per heavy atom. The maximum absolute atomic E-state index is 12.9. The molecule has 4 aromatic rings. The van der Waals surface area contributed by atoms with Crippen molar-refractivity contribution in [2.45, 2.75) is 0 Å². The van der Waals surface area contributed by atoms with E-state index in [1.807, 2.05) is 48.5 Å². The van der Waals surface area contributed by atoms with Gasteiger partial charge in [-0.25, -0.2) is 4.79 Å². The molecular formula is C22H18N2O4. The number of nitrogens with two attached hydrogens (primary N) is 1. The zero-order valence-corrected chi connectivity index (χ0v) is 15.2. The van der Waals surface area contributed by atoms with Crippen molar-refractivity contribution in [1.82, 2.24) is 4.57 Å². The summed E-state index contributed by atoms with van der Waals surface area (Å²) in [6, 6.07) is 19.9. The normalized spacial score (nSPS) is 10.9. The molecule has 0 saturated heterocycles. The lowest BCUT2D eigenvalue weighted by atomic mass is 10.2. The van der Waals surface area contributed by atoms with Crippen molar-refractivity contribution < 1.29 is 19.1 Å². The highest BCUT2D eigenvalue weighted by Crippen LogP contribution is 2.28. The van der Waals surface area contributed by atoms with Crippen molar-refractivity contribution in [3.05, 3.63) is 72.3 Å². The predicted octanol–water partition coefficient (Wildman–Crippen LogP) is 3.88. The van der Waals surface area contributed by atoms with Crippen molar-refractivity contribution in [2.24, 2.45) is 0 Å². The Morgan fingerprint density at radius 3 is 2.11 bits per heavy atom. The zero-order valence-electron chi connectivity index (χ0n) is 15.2. The molecule has 0 unspecified atom stereocenters. The quantitative estimate of drug-likeness (QED) is 0.433. The van der Waals surface area contributed by atoms with Gasteiger partial charge in [0.05, 0.1) is 29.4 Å². The fraction of sp³-hybridized carbons (Fsp3) is 0.0909. The third-order valence-electron chi connectivity index (χ3n) is 4.62. The number of methoxy groups -OCH3 is 1. The lowest BCUT2D eigenvalue weighted by molar-refractivity contribution is 0.0452. The van der Waals surface area contributed by atoms with E-state index in [-0.39, 0.29) is 18.1 Å². The van der Waals surface area contributed by atoms with E-state index in [1.165, 1.54) is 13.2 Å². The summed E-state index contributed by atoms with van der Waals surface area (Å²) >= 11 is 0. The van der Waals surface area contributed by atoms with Crippen LogP contribution in [0.2, 0.25) is 0 Å². The average Bonchev–Trinajstić information content (AvgIpc) is 3.06. The number of anilines is 1. The molecule has 0 spiro atoms. The molecule has 1 aromatic heterocycles. The van der Waals surface area contributed by atoms with Crippen LogP contribution in [0.1, 0.15) is 15.2 Å². The number of carbonyl (C=O) groups excluding carboxylic acids is 2. The van der Waals surface area contributed by atoms with Crippen molar-refractivity contribution in [2.75, 3.05) is 19.5 Å². The van der Waals surface area contributed by atoms with Gasteiger partial charge in [0.1, 0.15) is 5.75 Å². The molecule has 1 heterocycles. The van der Waals surface area contributed by atoms with E-state index in [0.717, 1.165) is 21.8 Å². The van der Waals surface area contributed by atoms with Crippen LogP contribution in [0.5, 0.6) is 5.75 Å². The zero-order chi connectivity index (χ0) is 19.7. The van der Waals surface area contributed by atoms with Gasteiger partial charge in [-0.1, -0.05) is 36.4 Å². The van der Waals surface area contributed by atoms with Gasteiger partial charge in [0, 0.05) is 10.8 Å². The number of rotatable bonds is 4. The van der Waals surface area contributed by atoms with Crippen molar-refractivity contribution >= 4 is 39.4 Å². The van der Waals surface area contributed by atoms with Gasteiger partial charge < -0.3 is 15.2 Å². The van der Waals surface area contributed by atoms with Gasteiger partial charge in [-0.2, -0.15) is 0 Å². The topological polar surface area (TPSA) is 83.5 Å². The van der Waals surface area contributed by atoms with Gasteiger partial charge in [0.25, 0.3) is 5.91 Å². The predicted molar refractivity (Wildman–Crippen MR) is 108 cm³/mol. The Morgan fingerprint density at radius 2 is 1.54 bits per heavy atom. The van der Waals surface area contributed by atoms with Crippen LogP contribution in [0.4, 0.5) is 5.69 Å². The Hall–Kier alpha value is -3.80. The summed E-state index contributed by atoms with van der Waals surface area (Å²) in [5.41, 5.74) is 7.96. The number of nitrogens with zero attached hydrogens (tertiary/aromatic N) is 1. The molecule has 0 radical (unpaired) electrons. The van der Waals surface area contributed by atoms with Gasteiger partial charge in [0.2, 0.25) is 0 Å². The molecule has 0 aliphatic rings. The summed E-state index contributed by atoms with van der Waals surface area (Å²) in [7, 11) is 1.49. The first kappa shape index (κ1) is 17.6. The number of aromatic nitrogens is 1. The second-order valence-electron chi connectivity index (χ2n) is 6.30. The van der Waals surface area contributed by atoms with Crippen LogP contribution in [0.3, 0.4) is 0 Å². The maximum Gasteiger partial charge on any atom is 0.338 e. The van der Waals surface area contributed by atoms with Gasteiger partial charge in [-0.3, -0.25) is 9.36 Å². The Bertz CT molecular complexity index is 1160. The van der Waals surface area contributed by atoms with Crippen molar-refractivity contribution in [1.29, 1.82) is 0 Å². The molecule has 0 bridgehead atoms. The fourth-order valence-corrected chi connectivity index (χ4v) is 3.33. The first-order valence-electron chi connectivity index (χ1n) is 8.72. The molecule has 4 rings (SSSR count). The van der Waals surface area contributed by atoms with E-state index in [4.69, 9.17) is 15.2 Å². The average molecular weight is 374 g/mol. The van der Waals surface area contributed by atoms with E-state index in [1.54, 1.807) is 16.7 Å². The minimum Gasteiger partial charge on any atom is -0.495 e. The molecule has 0 fully saturated rings. The highest BCUT2D eigenvalue weighted by molar-refractivity contribution is 6.13. The van der Waals surface area contributed by atoms with Gasteiger partial charge >= 0.3 is 5.97 Å². The van der Waals surface area contributed by atoms with E-state index in [9.17, 15) is 9.59 Å². The number of ether oxygens (including phenoxy) is 2. The van der Waals surface area contributed by atoms with Gasteiger partial charge in [-0.15, -0.1) is 0 Å². The summed E-state index contributed by atoms with van der Waals surface area (Å²) in [6.45, 7) is -0.382. The van der Waals surface area contributed by atoms with Crippen LogP contribution in [0.15, 0.2) is 66.7 Å². The molecule has 0 amide bonds.